The van der Waals surface area contributed by atoms with Crippen molar-refractivity contribution in [2.75, 3.05) is 0 Å². The summed E-state index contributed by atoms with van der Waals surface area (Å²) in [5.74, 6) is 0.294. The lowest BCUT2D eigenvalue weighted by Crippen LogP contribution is -2.35. The molecule has 2 heterocycles. The van der Waals surface area contributed by atoms with E-state index in [0.717, 1.165) is 25.0 Å². The number of thiazole rings is 1. The Hall–Kier alpha value is -2.49. The number of carbonyl (C=O) groups is 1. The van der Waals surface area contributed by atoms with Gasteiger partial charge in [-0.05, 0) is 38.0 Å². The molecule has 1 N–H and O–H groups in total. The Bertz CT molecular complexity index is 1010. The standard InChI is InChI=1S/C17H15F3N4O2S/c1-16(4-5-16)22-12(25)7-13-23-24-14(26-13)8-15-21-10-6-9(17(18,19)20)2-3-11(10)27-15/h2-3,6H,4-5,7-8H2,1H3,(H,22,25). The average molecular weight is 396 g/mol. The summed E-state index contributed by atoms with van der Waals surface area (Å²) in [5.41, 5.74) is -0.570. The van der Waals surface area contributed by atoms with Crippen molar-refractivity contribution in [3.05, 3.63) is 40.6 Å². The van der Waals surface area contributed by atoms with Gasteiger partial charge in [0.15, 0.2) is 0 Å². The van der Waals surface area contributed by atoms with Gasteiger partial charge in [-0.2, -0.15) is 13.2 Å². The molecule has 1 fully saturated rings. The molecule has 0 unspecified atom stereocenters. The van der Waals surface area contributed by atoms with Gasteiger partial charge >= 0.3 is 6.18 Å². The topological polar surface area (TPSA) is 80.9 Å². The molecule has 1 amide bonds. The number of benzene rings is 1. The summed E-state index contributed by atoms with van der Waals surface area (Å²) in [7, 11) is 0. The quantitative estimate of drug-likeness (QED) is 0.714. The van der Waals surface area contributed by atoms with Gasteiger partial charge in [0.1, 0.15) is 11.4 Å². The molecule has 0 saturated heterocycles. The van der Waals surface area contributed by atoms with E-state index in [-0.39, 0.29) is 41.6 Å². The molecule has 0 spiro atoms. The SMILES string of the molecule is CC1(NC(=O)Cc2nnc(Cc3nc4cc(C(F)(F)F)ccc4s3)o2)CC1. The Balaban J connectivity index is 1.44. The molecule has 1 aliphatic rings. The minimum Gasteiger partial charge on any atom is -0.424 e. The molecule has 1 aliphatic carbocycles. The summed E-state index contributed by atoms with van der Waals surface area (Å²) in [5, 5.41) is 11.2. The Kier molecular flexibility index (Phi) is 4.17. The first-order valence-corrected chi connectivity index (χ1v) is 9.11. The number of nitrogens with one attached hydrogen (secondary N) is 1. The average Bonchev–Trinajstić information content (AvgIpc) is 2.97. The molecule has 0 bridgehead atoms. The van der Waals surface area contributed by atoms with Crippen LogP contribution < -0.4 is 5.32 Å². The number of alkyl halides is 3. The van der Waals surface area contributed by atoms with Crippen molar-refractivity contribution in [2.45, 2.75) is 44.3 Å². The van der Waals surface area contributed by atoms with Crippen LogP contribution in [0.4, 0.5) is 13.2 Å². The third-order valence-corrected chi connectivity index (χ3v) is 5.36. The lowest BCUT2D eigenvalue weighted by atomic mass is 10.2. The Morgan fingerprint density at radius 2 is 2.04 bits per heavy atom. The lowest BCUT2D eigenvalue weighted by molar-refractivity contribution is -0.137. The van der Waals surface area contributed by atoms with Crippen LogP contribution in [0, 0.1) is 0 Å². The van der Waals surface area contributed by atoms with Crippen LogP contribution >= 0.6 is 11.3 Å². The summed E-state index contributed by atoms with van der Waals surface area (Å²) < 4.78 is 44.5. The minimum atomic E-state index is -4.41. The molecule has 4 rings (SSSR count). The number of aromatic nitrogens is 3. The normalized spacial score (nSPS) is 15.9. The first-order valence-electron chi connectivity index (χ1n) is 8.29. The highest BCUT2D eigenvalue weighted by Crippen LogP contribution is 2.34. The van der Waals surface area contributed by atoms with Gasteiger partial charge in [-0.15, -0.1) is 21.5 Å². The van der Waals surface area contributed by atoms with Gasteiger partial charge < -0.3 is 9.73 Å². The second-order valence-corrected chi connectivity index (χ2v) is 7.95. The van der Waals surface area contributed by atoms with Crippen LogP contribution in [-0.4, -0.2) is 26.6 Å². The van der Waals surface area contributed by atoms with E-state index in [1.165, 1.54) is 17.4 Å². The molecule has 0 aliphatic heterocycles. The Morgan fingerprint density at radius 3 is 2.74 bits per heavy atom. The van der Waals surface area contributed by atoms with E-state index in [9.17, 15) is 18.0 Å². The number of nitrogens with zero attached hydrogens (tertiary/aromatic N) is 3. The van der Waals surface area contributed by atoms with Crippen molar-refractivity contribution in [3.63, 3.8) is 0 Å². The van der Waals surface area contributed by atoms with Gasteiger partial charge in [0.25, 0.3) is 0 Å². The van der Waals surface area contributed by atoms with Crippen LogP contribution in [0.15, 0.2) is 22.6 Å². The van der Waals surface area contributed by atoms with E-state index in [4.69, 9.17) is 4.42 Å². The number of hydrogen-bond donors (Lipinski definition) is 1. The summed E-state index contributed by atoms with van der Waals surface area (Å²) in [6.07, 6.45) is -2.29. The molecule has 2 aromatic heterocycles. The molecular weight excluding hydrogens is 381 g/mol. The van der Waals surface area contributed by atoms with Gasteiger partial charge in [-0.1, -0.05) is 0 Å². The fraction of sp³-hybridized carbons (Fsp3) is 0.412. The highest BCUT2D eigenvalue weighted by molar-refractivity contribution is 7.18. The van der Waals surface area contributed by atoms with Crippen molar-refractivity contribution in [2.24, 2.45) is 0 Å². The largest absolute Gasteiger partial charge is 0.424 e. The highest BCUT2D eigenvalue weighted by atomic mass is 32.1. The van der Waals surface area contributed by atoms with Gasteiger partial charge in [0, 0.05) is 5.54 Å². The van der Waals surface area contributed by atoms with Gasteiger partial charge in [-0.25, -0.2) is 4.98 Å². The zero-order chi connectivity index (χ0) is 19.2. The number of amides is 1. The van der Waals surface area contributed by atoms with E-state index in [1.54, 1.807) is 0 Å². The number of carbonyl (C=O) groups excluding carboxylic acids is 1. The van der Waals surface area contributed by atoms with Crippen molar-refractivity contribution in [3.8, 4) is 0 Å². The van der Waals surface area contributed by atoms with Crippen molar-refractivity contribution >= 4 is 27.5 Å². The molecule has 3 aromatic rings. The number of halogens is 3. The maximum atomic E-state index is 12.8. The third kappa shape index (κ3) is 4.10. The summed E-state index contributed by atoms with van der Waals surface area (Å²) in [4.78, 5) is 16.1. The van der Waals surface area contributed by atoms with Crippen LogP contribution in [0.25, 0.3) is 10.2 Å². The number of fused-ring (bicyclic) bond motifs is 1. The third-order valence-electron chi connectivity index (χ3n) is 4.32. The van der Waals surface area contributed by atoms with Crippen LogP contribution in [0.2, 0.25) is 0 Å². The maximum Gasteiger partial charge on any atom is 0.416 e. The van der Waals surface area contributed by atoms with Gasteiger partial charge in [0.05, 0.1) is 22.2 Å². The molecule has 0 atom stereocenters. The minimum absolute atomic E-state index is 0.00260. The second-order valence-electron chi connectivity index (χ2n) is 6.84. The van der Waals surface area contributed by atoms with Crippen LogP contribution in [0.3, 0.4) is 0 Å². The van der Waals surface area contributed by atoms with Crippen LogP contribution in [0.1, 0.15) is 42.1 Å². The molecule has 142 valence electrons. The highest BCUT2D eigenvalue weighted by Gasteiger charge is 2.38. The number of rotatable bonds is 5. The zero-order valence-electron chi connectivity index (χ0n) is 14.3. The zero-order valence-corrected chi connectivity index (χ0v) is 15.1. The van der Waals surface area contributed by atoms with Crippen molar-refractivity contribution < 1.29 is 22.4 Å². The maximum absolute atomic E-state index is 12.8. The van der Waals surface area contributed by atoms with E-state index in [1.807, 2.05) is 6.92 Å². The fourth-order valence-corrected chi connectivity index (χ4v) is 3.56. The van der Waals surface area contributed by atoms with Gasteiger partial charge in [0.2, 0.25) is 17.7 Å². The van der Waals surface area contributed by atoms with Gasteiger partial charge in [-0.3, -0.25) is 4.79 Å². The predicted molar refractivity (Wildman–Crippen MR) is 91.2 cm³/mol. The van der Waals surface area contributed by atoms with E-state index < -0.39 is 11.7 Å². The van der Waals surface area contributed by atoms with Crippen molar-refractivity contribution in [1.82, 2.24) is 20.5 Å². The molecule has 0 radical (unpaired) electrons. The van der Waals surface area contributed by atoms with E-state index >= 15 is 0 Å². The molecule has 27 heavy (non-hydrogen) atoms. The monoisotopic (exact) mass is 396 g/mol. The number of hydrogen-bond acceptors (Lipinski definition) is 6. The lowest BCUT2D eigenvalue weighted by Gasteiger charge is -2.09. The first kappa shape index (κ1) is 17.9. The molecule has 1 saturated carbocycles. The Morgan fingerprint density at radius 1 is 1.30 bits per heavy atom. The van der Waals surface area contributed by atoms with Crippen LogP contribution in [0.5, 0.6) is 0 Å². The summed E-state index contributed by atoms with van der Waals surface area (Å²) >= 11 is 1.27. The summed E-state index contributed by atoms with van der Waals surface area (Å²) in [6, 6.07) is 3.47. The van der Waals surface area contributed by atoms with Crippen molar-refractivity contribution in [1.29, 1.82) is 0 Å². The first-order chi connectivity index (χ1) is 12.7. The van der Waals surface area contributed by atoms with E-state index in [0.29, 0.717) is 9.71 Å². The van der Waals surface area contributed by atoms with Crippen LogP contribution in [-0.2, 0) is 23.8 Å². The molecule has 10 heteroatoms. The smallest absolute Gasteiger partial charge is 0.416 e. The fourth-order valence-electron chi connectivity index (χ4n) is 2.62. The molecular formula is C17H15F3N4O2S. The van der Waals surface area contributed by atoms with E-state index in [2.05, 4.69) is 20.5 Å². The predicted octanol–water partition coefficient (Wildman–Crippen LogP) is 3.50. The Labute approximate surface area is 155 Å². The second kappa shape index (κ2) is 6.29. The molecule has 1 aromatic carbocycles. The molecule has 6 nitrogen and oxygen atoms in total. The summed E-state index contributed by atoms with van der Waals surface area (Å²) in [6.45, 7) is 1.97.